The maximum Gasteiger partial charge on any atom is 0.110 e. The van der Waals surface area contributed by atoms with Crippen LogP contribution < -0.4 is 0 Å². The van der Waals surface area contributed by atoms with Gasteiger partial charge in [0.05, 0.1) is 0 Å². The van der Waals surface area contributed by atoms with Crippen LogP contribution >= 0.6 is 0 Å². The Morgan fingerprint density at radius 3 is 1.63 bits per heavy atom. The first-order valence-electron chi connectivity index (χ1n) is 6.68. The number of benzene rings is 2. The Labute approximate surface area is 114 Å². The molecule has 0 unspecified atom stereocenters. The minimum atomic E-state index is -0.813. The fourth-order valence-electron chi connectivity index (χ4n) is 2.22. The van der Waals surface area contributed by atoms with Crippen LogP contribution in [0.4, 0.5) is 4.39 Å². The molecule has 100 valence electrons. The Bertz CT molecular complexity index is 426. The molecule has 0 saturated carbocycles. The smallest absolute Gasteiger partial charge is 0.110 e. The number of rotatable bonds is 6. The molecule has 0 heterocycles. The third-order valence-corrected chi connectivity index (χ3v) is 3.01. The van der Waals surface area contributed by atoms with Crippen molar-refractivity contribution in [3.8, 4) is 0 Å². The highest BCUT2D eigenvalue weighted by molar-refractivity contribution is 5.17. The normalized spacial score (nSPS) is 12.6. The van der Waals surface area contributed by atoms with Crippen molar-refractivity contribution in [1.29, 1.82) is 0 Å². The maximum atomic E-state index is 13.3. The highest BCUT2D eigenvalue weighted by Gasteiger charge is 2.10. The largest absolute Gasteiger partial charge is 0.292 e. The van der Waals surface area contributed by atoms with Gasteiger partial charge in [-0.2, -0.15) is 0 Å². The summed E-state index contributed by atoms with van der Waals surface area (Å²) in [6.45, 7) is 3.64. The topological polar surface area (TPSA) is 3.24 Å². The van der Waals surface area contributed by atoms with Crippen LogP contribution in [0.25, 0.3) is 0 Å². The van der Waals surface area contributed by atoms with Crippen LogP contribution in [0.2, 0.25) is 0 Å². The van der Waals surface area contributed by atoms with Crippen molar-refractivity contribution in [1.82, 2.24) is 4.90 Å². The van der Waals surface area contributed by atoms with Gasteiger partial charge in [0.2, 0.25) is 0 Å². The van der Waals surface area contributed by atoms with Crippen LogP contribution in [0.15, 0.2) is 60.7 Å². The molecule has 0 fully saturated rings. The lowest BCUT2D eigenvalue weighted by molar-refractivity contribution is 0.188. The van der Waals surface area contributed by atoms with Crippen molar-refractivity contribution in [2.24, 2.45) is 0 Å². The van der Waals surface area contributed by atoms with Crippen molar-refractivity contribution in [3.63, 3.8) is 0 Å². The first-order valence-corrected chi connectivity index (χ1v) is 6.68. The van der Waals surface area contributed by atoms with Gasteiger partial charge in [-0.25, -0.2) is 4.39 Å². The third-order valence-electron chi connectivity index (χ3n) is 3.01. The molecular weight excluding hydrogens is 237 g/mol. The highest BCUT2D eigenvalue weighted by Crippen LogP contribution is 2.11. The molecule has 1 atom stereocenters. The van der Waals surface area contributed by atoms with Crippen molar-refractivity contribution in [2.45, 2.75) is 26.2 Å². The van der Waals surface area contributed by atoms with E-state index in [9.17, 15) is 4.39 Å². The Morgan fingerprint density at radius 2 is 1.26 bits per heavy atom. The molecule has 0 radical (unpaired) electrons. The molecule has 0 saturated heterocycles. The molecule has 2 rings (SSSR count). The van der Waals surface area contributed by atoms with E-state index in [4.69, 9.17) is 0 Å². The molecular formula is C17H20FN. The fourth-order valence-corrected chi connectivity index (χ4v) is 2.22. The zero-order valence-electron chi connectivity index (χ0n) is 11.3. The van der Waals surface area contributed by atoms with Gasteiger partial charge < -0.3 is 0 Å². The molecule has 0 spiro atoms. The second-order valence-electron chi connectivity index (χ2n) is 4.92. The van der Waals surface area contributed by atoms with Gasteiger partial charge in [-0.1, -0.05) is 60.7 Å². The molecule has 0 aliphatic rings. The molecule has 0 aromatic heterocycles. The standard InChI is InChI=1S/C17H20FN/c1-15(18)12-19(13-16-8-4-2-5-9-16)14-17-10-6-3-7-11-17/h2-11,15H,12-14H2,1H3/t15-/m0/s1. The maximum absolute atomic E-state index is 13.3. The van der Waals surface area contributed by atoms with Gasteiger partial charge in [0, 0.05) is 19.6 Å². The average molecular weight is 257 g/mol. The zero-order chi connectivity index (χ0) is 13.5. The summed E-state index contributed by atoms with van der Waals surface area (Å²) in [5, 5.41) is 0. The number of alkyl halides is 1. The van der Waals surface area contributed by atoms with Gasteiger partial charge in [-0.3, -0.25) is 4.90 Å². The Hall–Kier alpha value is -1.67. The monoisotopic (exact) mass is 257 g/mol. The minimum absolute atomic E-state index is 0.462. The van der Waals surface area contributed by atoms with E-state index in [1.54, 1.807) is 6.92 Å². The van der Waals surface area contributed by atoms with E-state index in [1.807, 2.05) is 36.4 Å². The van der Waals surface area contributed by atoms with E-state index < -0.39 is 6.17 Å². The van der Waals surface area contributed by atoms with Crippen LogP contribution in [0.3, 0.4) is 0 Å². The summed E-state index contributed by atoms with van der Waals surface area (Å²) in [6, 6.07) is 20.4. The molecule has 2 aromatic carbocycles. The molecule has 0 aliphatic heterocycles. The van der Waals surface area contributed by atoms with E-state index in [-0.39, 0.29) is 0 Å². The molecule has 1 nitrogen and oxygen atoms in total. The second kappa shape index (κ2) is 7.05. The Balaban J connectivity index is 2.03. The van der Waals surface area contributed by atoms with Crippen molar-refractivity contribution >= 4 is 0 Å². The van der Waals surface area contributed by atoms with Gasteiger partial charge >= 0.3 is 0 Å². The van der Waals surface area contributed by atoms with E-state index in [2.05, 4.69) is 29.2 Å². The van der Waals surface area contributed by atoms with Gasteiger partial charge in [0.15, 0.2) is 0 Å². The lowest BCUT2D eigenvalue weighted by Gasteiger charge is -2.23. The SMILES string of the molecule is C[C@H](F)CN(Cc1ccccc1)Cc1ccccc1. The number of halogens is 1. The van der Waals surface area contributed by atoms with Crippen molar-refractivity contribution in [2.75, 3.05) is 6.54 Å². The predicted molar refractivity (Wildman–Crippen MR) is 77.6 cm³/mol. The van der Waals surface area contributed by atoms with E-state index in [0.717, 1.165) is 13.1 Å². The van der Waals surface area contributed by atoms with Gasteiger partial charge in [-0.05, 0) is 18.1 Å². The molecule has 2 aromatic rings. The number of hydrogen-bond donors (Lipinski definition) is 0. The zero-order valence-corrected chi connectivity index (χ0v) is 11.3. The van der Waals surface area contributed by atoms with Crippen molar-refractivity contribution in [3.05, 3.63) is 71.8 Å². The summed E-state index contributed by atoms with van der Waals surface area (Å²) in [7, 11) is 0. The summed E-state index contributed by atoms with van der Waals surface area (Å²) >= 11 is 0. The van der Waals surface area contributed by atoms with Crippen LogP contribution in [-0.4, -0.2) is 17.6 Å². The van der Waals surface area contributed by atoms with Gasteiger partial charge in [-0.15, -0.1) is 0 Å². The summed E-state index contributed by atoms with van der Waals surface area (Å²) < 4.78 is 13.3. The van der Waals surface area contributed by atoms with E-state index >= 15 is 0 Å². The molecule has 0 bridgehead atoms. The third kappa shape index (κ3) is 4.84. The Morgan fingerprint density at radius 1 is 0.842 bits per heavy atom. The predicted octanol–water partition coefficient (Wildman–Crippen LogP) is 4.05. The fraction of sp³-hybridized carbons (Fsp3) is 0.294. The minimum Gasteiger partial charge on any atom is -0.292 e. The van der Waals surface area contributed by atoms with Crippen LogP contribution in [0.1, 0.15) is 18.1 Å². The van der Waals surface area contributed by atoms with E-state index in [0.29, 0.717) is 6.54 Å². The number of nitrogens with zero attached hydrogens (tertiary/aromatic N) is 1. The van der Waals surface area contributed by atoms with E-state index in [1.165, 1.54) is 11.1 Å². The Kier molecular flexibility index (Phi) is 5.10. The molecule has 2 heteroatoms. The molecule has 19 heavy (non-hydrogen) atoms. The summed E-state index contributed by atoms with van der Waals surface area (Å²) in [4.78, 5) is 2.15. The second-order valence-corrected chi connectivity index (χ2v) is 4.92. The van der Waals surface area contributed by atoms with Gasteiger partial charge in [0.1, 0.15) is 6.17 Å². The summed E-state index contributed by atoms with van der Waals surface area (Å²) in [6.07, 6.45) is -0.813. The summed E-state index contributed by atoms with van der Waals surface area (Å²) in [5.74, 6) is 0. The van der Waals surface area contributed by atoms with Crippen LogP contribution in [0, 0.1) is 0 Å². The first kappa shape index (κ1) is 13.8. The lowest BCUT2D eigenvalue weighted by Crippen LogP contribution is -2.28. The quantitative estimate of drug-likeness (QED) is 0.754. The molecule has 0 aliphatic carbocycles. The highest BCUT2D eigenvalue weighted by atomic mass is 19.1. The lowest BCUT2D eigenvalue weighted by atomic mass is 10.1. The molecule has 0 N–H and O–H groups in total. The number of hydrogen-bond acceptors (Lipinski definition) is 1. The van der Waals surface area contributed by atoms with Crippen LogP contribution in [0.5, 0.6) is 0 Å². The molecule has 0 amide bonds. The van der Waals surface area contributed by atoms with Crippen LogP contribution in [-0.2, 0) is 13.1 Å². The van der Waals surface area contributed by atoms with Gasteiger partial charge in [0.25, 0.3) is 0 Å². The summed E-state index contributed by atoms with van der Waals surface area (Å²) in [5.41, 5.74) is 2.44. The average Bonchev–Trinajstić information content (AvgIpc) is 2.40. The first-order chi connectivity index (χ1) is 9.24. The van der Waals surface area contributed by atoms with Crippen molar-refractivity contribution < 1.29 is 4.39 Å².